The van der Waals surface area contributed by atoms with E-state index in [-0.39, 0.29) is 18.1 Å². The maximum absolute atomic E-state index is 11.9. The van der Waals surface area contributed by atoms with Crippen molar-refractivity contribution in [3.05, 3.63) is 34.9 Å². The van der Waals surface area contributed by atoms with Crippen LogP contribution in [0, 0.1) is 0 Å². The predicted molar refractivity (Wildman–Crippen MR) is 73.3 cm³/mol. The molecule has 0 saturated carbocycles. The van der Waals surface area contributed by atoms with Crippen LogP contribution in [0.25, 0.3) is 0 Å². The molecule has 4 nitrogen and oxygen atoms in total. The van der Waals surface area contributed by atoms with Crippen molar-refractivity contribution in [2.24, 2.45) is 0 Å². The number of ether oxygens (including phenoxy) is 2. The summed E-state index contributed by atoms with van der Waals surface area (Å²) >= 11 is 5.90. The Morgan fingerprint density at radius 1 is 1.53 bits per heavy atom. The van der Waals surface area contributed by atoms with Gasteiger partial charge >= 0.3 is 0 Å². The predicted octanol–water partition coefficient (Wildman–Crippen LogP) is 1.80. The molecule has 5 heteroatoms. The summed E-state index contributed by atoms with van der Waals surface area (Å²) in [5, 5.41) is 3.64. The zero-order valence-electron chi connectivity index (χ0n) is 10.9. The van der Waals surface area contributed by atoms with Crippen molar-refractivity contribution in [2.75, 3.05) is 20.3 Å². The van der Waals surface area contributed by atoms with Gasteiger partial charge in [-0.2, -0.15) is 0 Å². The maximum atomic E-state index is 11.9. The summed E-state index contributed by atoms with van der Waals surface area (Å²) in [6, 6.07) is 7.52. The van der Waals surface area contributed by atoms with Crippen LogP contribution in [0.15, 0.2) is 24.3 Å². The van der Waals surface area contributed by atoms with E-state index < -0.39 is 0 Å². The summed E-state index contributed by atoms with van der Waals surface area (Å²) < 4.78 is 10.5. The van der Waals surface area contributed by atoms with Gasteiger partial charge in [0.25, 0.3) is 0 Å². The summed E-state index contributed by atoms with van der Waals surface area (Å²) in [5.74, 6) is 0.0116. The van der Waals surface area contributed by atoms with Crippen molar-refractivity contribution in [3.8, 4) is 0 Å². The Labute approximate surface area is 118 Å². The highest BCUT2D eigenvalue weighted by atomic mass is 35.5. The molecule has 1 aliphatic rings. The van der Waals surface area contributed by atoms with Gasteiger partial charge in [-0.3, -0.25) is 4.79 Å². The maximum Gasteiger partial charge on any atom is 0.220 e. The molecule has 2 atom stereocenters. The molecule has 1 fully saturated rings. The lowest BCUT2D eigenvalue weighted by atomic mass is 10.1. The van der Waals surface area contributed by atoms with Gasteiger partial charge in [-0.25, -0.2) is 0 Å². The Morgan fingerprint density at radius 3 is 3.11 bits per heavy atom. The Balaban J connectivity index is 1.78. The number of methoxy groups -OCH3 is 1. The Morgan fingerprint density at radius 2 is 2.37 bits per heavy atom. The average Bonchev–Trinajstić information content (AvgIpc) is 2.84. The molecule has 2 rings (SSSR count). The van der Waals surface area contributed by atoms with E-state index in [1.165, 1.54) is 0 Å². The monoisotopic (exact) mass is 283 g/mol. The molecule has 1 aliphatic heterocycles. The van der Waals surface area contributed by atoms with Gasteiger partial charge in [-0.1, -0.05) is 23.7 Å². The van der Waals surface area contributed by atoms with E-state index in [4.69, 9.17) is 21.1 Å². The zero-order chi connectivity index (χ0) is 13.7. The van der Waals surface area contributed by atoms with Crippen molar-refractivity contribution < 1.29 is 14.3 Å². The van der Waals surface area contributed by atoms with Crippen LogP contribution < -0.4 is 5.32 Å². The lowest BCUT2D eigenvalue weighted by molar-refractivity contribution is -0.122. The molecule has 0 spiro atoms. The molecule has 1 aromatic carbocycles. The Hall–Kier alpha value is -1.10. The molecule has 0 aliphatic carbocycles. The van der Waals surface area contributed by atoms with Gasteiger partial charge in [0, 0.05) is 18.6 Å². The first-order valence-electron chi connectivity index (χ1n) is 6.33. The van der Waals surface area contributed by atoms with Gasteiger partial charge in [-0.15, -0.1) is 0 Å². The van der Waals surface area contributed by atoms with E-state index in [9.17, 15) is 4.79 Å². The first-order valence-corrected chi connectivity index (χ1v) is 6.71. The van der Waals surface area contributed by atoms with Crippen molar-refractivity contribution in [1.29, 1.82) is 0 Å². The number of halogens is 1. The van der Waals surface area contributed by atoms with Crippen molar-refractivity contribution in [3.63, 3.8) is 0 Å². The SMILES string of the molecule is CO[C@H]1COC[C@@H]1NC(=O)CCc1cccc(Cl)c1. The average molecular weight is 284 g/mol. The lowest BCUT2D eigenvalue weighted by Gasteiger charge is -2.17. The molecule has 104 valence electrons. The van der Waals surface area contributed by atoms with Crippen molar-refractivity contribution in [2.45, 2.75) is 25.0 Å². The fraction of sp³-hybridized carbons (Fsp3) is 0.500. The third-order valence-electron chi connectivity index (χ3n) is 3.21. The fourth-order valence-corrected chi connectivity index (χ4v) is 2.34. The summed E-state index contributed by atoms with van der Waals surface area (Å²) in [5.41, 5.74) is 1.06. The minimum atomic E-state index is -0.0462. The Kier molecular flexibility index (Phi) is 5.19. The van der Waals surface area contributed by atoms with Gasteiger partial charge < -0.3 is 14.8 Å². The molecule has 0 aromatic heterocycles. The molecule has 1 aromatic rings. The highest BCUT2D eigenvalue weighted by Gasteiger charge is 2.29. The number of aryl methyl sites for hydroxylation is 1. The first kappa shape index (κ1) is 14.3. The number of hydrogen-bond donors (Lipinski definition) is 1. The van der Waals surface area contributed by atoms with E-state index in [0.717, 1.165) is 5.56 Å². The van der Waals surface area contributed by atoms with Gasteiger partial charge in [0.2, 0.25) is 5.91 Å². The molecule has 0 unspecified atom stereocenters. The summed E-state index contributed by atoms with van der Waals surface area (Å²) in [7, 11) is 1.63. The number of benzene rings is 1. The molecule has 1 heterocycles. The van der Waals surface area contributed by atoms with Crippen LogP contribution in [-0.4, -0.2) is 38.4 Å². The molecular weight excluding hydrogens is 266 g/mol. The number of hydrogen-bond acceptors (Lipinski definition) is 3. The Bertz CT molecular complexity index is 438. The molecule has 1 N–H and O–H groups in total. The second kappa shape index (κ2) is 6.89. The second-order valence-electron chi connectivity index (χ2n) is 4.62. The number of carbonyl (C=O) groups is 1. The molecule has 0 radical (unpaired) electrons. The van der Waals surface area contributed by atoms with Crippen LogP contribution in [0.4, 0.5) is 0 Å². The van der Waals surface area contributed by atoms with E-state index in [0.29, 0.717) is 31.1 Å². The highest BCUT2D eigenvalue weighted by Crippen LogP contribution is 2.13. The van der Waals surface area contributed by atoms with Crippen LogP contribution in [0.2, 0.25) is 5.02 Å². The van der Waals surface area contributed by atoms with Crippen LogP contribution in [0.3, 0.4) is 0 Å². The molecular formula is C14H18ClNO3. The minimum Gasteiger partial charge on any atom is -0.377 e. The van der Waals surface area contributed by atoms with Crippen molar-refractivity contribution >= 4 is 17.5 Å². The van der Waals surface area contributed by atoms with Crippen LogP contribution in [0.1, 0.15) is 12.0 Å². The topological polar surface area (TPSA) is 47.6 Å². The second-order valence-corrected chi connectivity index (χ2v) is 5.05. The number of carbonyl (C=O) groups excluding carboxylic acids is 1. The fourth-order valence-electron chi connectivity index (χ4n) is 2.13. The number of nitrogens with one attached hydrogen (secondary N) is 1. The molecule has 1 amide bonds. The standard InChI is InChI=1S/C14H18ClNO3/c1-18-13-9-19-8-12(13)16-14(17)6-5-10-3-2-4-11(15)7-10/h2-4,7,12-13H,5-6,8-9H2,1H3,(H,16,17)/t12-,13-/m0/s1. The third-order valence-corrected chi connectivity index (χ3v) is 3.44. The van der Waals surface area contributed by atoms with E-state index in [1.807, 2.05) is 24.3 Å². The van der Waals surface area contributed by atoms with Gasteiger partial charge in [0.15, 0.2) is 0 Å². The quantitative estimate of drug-likeness (QED) is 0.896. The minimum absolute atomic E-state index is 0.0116. The molecule has 0 bridgehead atoms. The largest absolute Gasteiger partial charge is 0.377 e. The van der Waals surface area contributed by atoms with Gasteiger partial charge in [0.05, 0.1) is 19.3 Å². The normalized spacial score (nSPS) is 22.4. The van der Waals surface area contributed by atoms with E-state index in [1.54, 1.807) is 7.11 Å². The molecule has 19 heavy (non-hydrogen) atoms. The highest BCUT2D eigenvalue weighted by molar-refractivity contribution is 6.30. The van der Waals surface area contributed by atoms with Crippen LogP contribution in [0.5, 0.6) is 0 Å². The summed E-state index contributed by atoms with van der Waals surface area (Å²) in [4.78, 5) is 11.9. The van der Waals surface area contributed by atoms with Crippen LogP contribution in [-0.2, 0) is 20.7 Å². The third kappa shape index (κ3) is 4.20. The smallest absolute Gasteiger partial charge is 0.220 e. The lowest BCUT2D eigenvalue weighted by Crippen LogP contribution is -2.43. The number of amides is 1. The van der Waals surface area contributed by atoms with E-state index in [2.05, 4.69) is 5.32 Å². The number of rotatable bonds is 5. The summed E-state index contributed by atoms with van der Waals surface area (Å²) in [6.07, 6.45) is 1.07. The first-order chi connectivity index (χ1) is 9.19. The van der Waals surface area contributed by atoms with E-state index >= 15 is 0 Å². The molecule has 1 saturated heterocycles. The summed E-state index contributed by atoms with van der Waals surface area (Å²) in [6.45, 7) is 1.05. The van der Waals surface area contributed by atoms with Gasteiger partial charge in [0.1, 0.15) is 6.10 Å². The van der Waals surface area contributed by atoms with Gasteiger partial charge in [-0.05, 0) is 24.1 Å². The van der Waals surface area contributed by atoms with Crippen molar-refractivity contribution in [1.82, 2.24) is 5.32 Å². The zero-order valence-corrected chi connectivity index (χ0v) is 11.7. The van der Waals surface area contributed by atoms with Crippen LogP contribution >= 0.6 is 11.6 Å².